The lowest BCUT2D eigenvalue weighted by molar-refractivity contribution is -0.394. The summed E-state index contributed by atoms with van der Waals surface area (Å²) in [6.07, 6.45) is 1.84. The molecule has 0 unspecified atom stereocenters. The molecule has 1 amide bonds. The number of hydrogen-bond donors (Lipinski definition) is 1. The molecule has 0 aliphatic carbocycles. The Balaban J connectivity index is 2.48. The van der Waals surface area contributed by atoms with Crippen molar-refractivity contribution in [1.82, 2.24) is 0 Å². The summed E-state index contributed by atoms with van der Waals surface area (Å²) in [5.41, 5.74) is -0.469. The van der Waals surface area contributed by atoms with Crippen LogP contribution >= 0.6 is 11.8 Å². The molecule has 0 saturated heterocycles. The maximum absolute atomic E-state index is 12.5. The van der Waals surface area contributed by atoms with E-state index in [1.807, 2.05) is 18.4 Å². The number of carbonyl (C=O) groups excluding carboxylic acids is 1. The number of nitro benzene ring substituents is 2. The molecule has 0 heterocycles. The number of thioether (sulfide) groups is 1. The Bertz CT molecular complexity index is 838. The minimum Gasteiger partial charge on any atom is -0.321 e. The van der Waals surface area contributed by atoms with Gasteiger partial charge in [-0.1, -0.05) is 12.1 Å². The third-order valence-corrected chi connectivity index (χ3v) is 4.17. The van der Waals surface area contributed by atoms with E-state index in [-0.39, 0.29) is 11.1 Å². The minimum absolute atomic E-state index is 0.0738. The van der Waals surface area contributed by atoms with Crippen molar-refractivity contribution in [3.05, 3.63) is 67.8 Å². The number of non-ortho nitro benzene ring substituents is 1. The minimum atomic E-state index is -0.765. The maximum atomic E-state index is 12.5. The Morgan fingerprint density at radius 3 is 2.38 bits per heavy atom. The fourth-order valence-electron chi connectivity index (χ4n) is 2.15. The molecule has 9 heteroatoms. The number of amides is 1. The lowest BCUT2D eigenvalue weighted by Crippen LogP contribution is -2.15. The number of para-hydroxylation sites is 1. The van der Waals surface area contributed by atoms with Crippen LogP contribution in [0.15, 0.2) is 41.3 Å². The molecule has 0 spiro atoms. The summed E-state index contributed by atoms with van der Waals surface area (Å²) in [5, 5.41) is 24.7. The van der Waals surface area contributed by atoms with Crippen LogP contribution in [0.5, 0.6) is 0 Å². The highest BCUT2D eigenvalue weighted by Crippen LogP contribution is 2.30. The molecule has 0 saturated carbocycles. The summed E-state index contributed by atoms with van der Waals surface area (Å²) in [6.45, 7) is 1.39. The monoisotopic (exact) mass is 347 g/mol. The normalized spacial score (nSPS) is 10.2. The Labute approximate surface area is 141 Å². The first-order chi connectivity index (χ1) is 11.3. The molecule has 124 valence electrons. The zero-order valence-corrected chi connectivity index (χ0v) is 13.6. The number of rotatable bonds is 5. The average molecular weight is 347 g/mol. The SMILES string of the molecule is CSc1ccccc1NC(=O)c1cc([N+](=O)[O-])cc([N+](=O)[O-])c1C. The van der Waals surface area contributed by atoms with E-state index in [1.54, 1.807) is 12.1 Å². The maximum Gasteiger partial charge on any atom is 0.279 e. The Morgan fingerprint density at radius 1 is 1.12 bits per heavy atom. The Morgan fingerprint density at radius 2 is 1.79 bits per heavy atom. The smallest absolute Gasteiger partial charge is 0.279 e. The second-order valence-electron chi connectivity index (χ2n) is 4.81. The number of nitrogens with zero attached hydrogens (tertiary/aromatic N) is 2. The van der Waals surface area contributed by atoms with E-state index >= 15 is 0 Å². The predicted octanol–water partition coefficient (Wildman–Crippen LogP) is 3.79. The zero-order valence-electron chi connectivity index (χ0n) is 12.8. The number of benzene rings is 2. The van der Waals surface area contributed by atoms with Crippen LogP contribution in [-0.4, -0.2) is 22.0 Å². The molecule has 0 aliphatic heterocycles. The van der Waals surface area contributed by atoms with E-state index in [0.29, 0.717) is 5.69 Å². The molecule has 2 aromatic rings. The summed E-state index contributed by atoms with van der Waals surface area (Å²) in [4.78, 5) is 33.8. The fourth-order valence-corrected chi connectivity index (χ4v) is 2.71. The molecule has 24 heavy (non-hydrogen) atoms. The number of nitro groups is 2. The summed E-state index contributed by atoms with van der Waals surface area (Å²) < 4.78 is 0. The van der Waals surface area contributed by atoms with Gasteiger partial charge in [0, 0.05) is 16.5 Å². The van der Waals surface area contributed by atoms with Gasteiger partial charge in [0.05, 0.1) is 27.2 Å². The van der Waals surface area contributed by atoms with Gasteiger partial charge < -0.3 is 5.32 Å². The summed E-state index contributed by atoms with van der Waals surface area (Å²) >= 11 is 1.42. The number of nitrogens with one attached hydrogen (secondary N) is 1. The molecular weight excluding hydrogens is 334 g/mol. The largest absolute Gasteiger partial charge is 0.321 e. The second-order valence-corrected chi connectivity index (χ2v) is 5.65. The lowest BCUT2D eigenvalue weighted by Gasteiger charge is -2.11. The van der Waals surface area contributed by atoms with E-state index in [0.717, 1.165) is 17.0 Å². The van der Waals surface area contributed by atoms with Gasteiger partial charge in [-0.3, -0.25) is 25.0 Å². The molecule has 8 nitrogen and oxygen atoms in total. The van der Waals surface area contributed by atoms with E-state index in [9.17, 15) is 25.0 Å². The molecule has 0 aliphatic rings. The molecule has 0 bridgehead atoms. The fraction of sp³-hybridized carbons (Fsp3) is 0.133. The highest BCUT2D eigenvalue weighted by molar-refractivity contribution is 7.98. The van der Waals surface area contributed by atoms with Crippen molar-refractivity contribution < 1.29 is 14.6 Å². The zero-order chi connectivity index (χ0) is 17.9. The van der Waals surface area contributed by atoms with Crippen molar-refractivity contribution in [3.8, 4) is 0 Å². The summed E-state index contributed by atoms with van der Waals surface area (Å²) in [7, 11) is 0. The van der Waals surface area contributed by atoms with Gasteiger partial charge >= 0.3 is 0 Å². The average Bonchev–Trinajstić information content (AvgIpc) is 2.54. The second kappa shape index (κ2) is 7.09. The highest BCUT2D eigenvalue weighted by Gasteiger charge is 2.25. The van der Waals surface area contributed by atoms with Crippen molar-refractivity contribution in [2.75, 3.05) is 11.6 Å². The summed E-state index contributed by atoms with van der Waals surface area (Å²) in [6, 6.07) is 8.93. The molecule has 0 fully saturated rings. The quantitative estimate of drug-likeness (QED) is 0.500. The number of carbonyl (C=O) groups is 1. The van der Waals surface area contributed by atoms with Crippen molar-refractivity contribution >= 4 is 34.7 Å². The van der Waals surface area contributed by atoms with Crippen molar-refractivity contribution in [2.45, 2.75) is 11.8 Å². The molecule has 1 N–H and O–H groups in total. The van der Waals surface area contributed by atoms with Crippen LogP contribution in [0.4, 0.5) is 17.1 Å². The summed E-state index contributed by atoms with van der Waals surface area (Å²) in [5.74, 6) is -0.638. The van der Waals surface area contributed by atoms with Crippen molar-refractivity contribution in [1.29, 1.82) is 0 Å². The van der Waals surface area contributed by atoms with Gasteiger partial charge in [-0.2, -0.15) is 0 Å². The van der Waals surface area contributed by atoms with Crippen molar-refractivity contribution in [2.24, 2.45) is 0 Å². The molecule has 0 aromatic heterocycles. The molecule has 0 atom stereocenters. The van der Waals surface area contributed by atoms with Gasteiger partial charge in [0.2, 0.25) is 0 Å². The lowest BCUT2D eigenvalue weighted by atomic mass is 10.0. The van der Waals surface area contributed by atoms with Gasteiger partial charge in [0.1, 0.15) is 0 Å². The standard InChI is InChI=1S/C15H13N3O5S/c1-9-11(7-10(17(20)21)8-13(9)18(22)23)15(19)16-12-5-3-4-6-14(12)24-2/h3-8H,1-2H3,(H,16,19). The highest BCUT2D eigenvalue weighted by atomic mass is 32.2. The van der Waals surface area contributed by atoms with Crippen LogP contribution in [0, 0.1) is 27.2 Å². The van der Waals surface area contributed by atoms with Gasteiger partial charge in [-0.15, -0.1) is 11.8 Å². The first kappa shape index (κ1) is 17.4. The molecule has 2 aromatic carbocycles. The van der Waals surface area contributed by atoms with Gasteiger partial charge in [0.15, 0.2) is 0 Å². The third-order valence-electron chi connectivity index (χ3n) is 3.37. The Hall–Kier alpha value is -2.94. The first-order valence-corrected chi connectivity index (χ1v) is 7.95. The van der Waals surface area contributed by atoms with E-state index in [2.05, 4.69) is 5.32 Å². The number of anilines is 1. The van der Waals surface area contributed by atoms with Gasteiger partial charge in [-0.25, -0.2) is 0 Å². The molecule has 2 rings (SSSR count). The number of hydrogen-bond acceptors (Lipinski definition) is 6. The van der Waals surface area contributed by atoms with Crippen LogP contribution in [0.1, 0.15) is 15.9 Å². The van der Waals surface area contributed by atoms with Crippen LogP contribution in [0.3, 0.4) is 0 Å². The first-order valence-electron chi connectivity index (χ1n) is 6.73. The van der Waals surface area contributed by atoms with E-state index in [1.165, 1.54) is 18.7 Å². The van der Waals surface area contributed by atoms with Crippen LogP contribution < -0.4 is 5.32 Å². The molecular formula is C15H13N3O5S. The molecule has 0 radical (unpaired) electrons. The van der Waals surface area contributed by atoms with Gasteiger partial charge in [-0.05, 0) is 25.3 Å². The topological polar surface area (TPSA) is 115 Å². The third kappa shape index (κ3) is 3.51. The Kier molecular flexibility index (Phi) is 5.14. The van der Waals surface area contributed by atoms with E-state index in [4.69, 9.17) is 0 Å². The van der Waals surface area contributed by atoms with Crippen LogP contribution in [0.25, 0.3) is 0 Å². The van der Waals surface area contributed by atoms with E-state index < -0.39 is 27.1 Å². The predicted molar refractivity (Wildman–Crippen MR) is 90.7 cm³/mol. The van der Waals surface area contributed by atoms with Crippen LogP contribution in [-0.2, 0) is 0 Å². The van der Waals surface area contributed by atoms with Gasteiger partial charge in [0.25, 0.3) is 17.3 Å². The van der Waals surface area contributed by atoms with Crippen LogP contribution in [0.2, 0.25) is 0 Å². The van der Waals surface area contributed by atoms with Crippen molar-refractivity contribution in [3.63, 3.8) is 0 Å².